The number of primary amides is 1. The first-order valence-corrected chi connectivity index (χ1v) is 12.4. The molecule has 0 aliphatic carbocycles. The number of carbonyl (C=O) groups is 1. The number of phenols is 1. The third-order valence-electron chi connectivity index (χ3n) is 7.30. The number of ether oxygens (including phenoxy) is 1. The molecular weight excluding hydrogens is 460 g/mol. The predicted molar refractivity (Wildman–Crippen MR) is 140 cm³/mol. The molecule has 1 saturated heterocycles. The van der Waals surface area contributed by atoms with E-state index in [1.165, 1.54) is 0 Å². The van der Waals surface area contributed by atoms with Gasteiger partial charge in [0.25, 0.3) is 0 Å². The van der Waals surface area contributed by atoms with Crippen molar-refractivity contribution in [2.45, 2.75) is 50.2 Å². The molecule has 1 aliphatic rings. The van der Waals surface area contributed by atoms with Crippen LogP contribution in [0.5, 0.6) is 11.5 Å². The van der Waals surface area contributed by atoms with Crippen molar-refractivity contribution in [2.24, 2.45) is 5.73 Å². The van der Waals surface area contributed by atoms with Crippen LogP contribution in [0.4, 0.5) is 0 Å². The van der Waals surface area contributed by atoms with Crippen LogP contribution in [-0.4, -0.2) is 40.6 Å². The maximum absolute atomic E-state index is 13.1. The predicted octanol–water partition coefficient (Wildman–Crippen LogP) is 5.53. The summed E-state index contributed by atoms with van der Waals surface area (Å²) in [7, 11) is 0. The number of rotatable bonds is 9. The number of hydrogen-bond donors (Lipinski definition) is 2. The average molecular weight is 493 g/mol. The van der Waals surface area contributed by atoms with Gasteiger partial charge < -0.3 is 15.6 Å². The highest BCUT2D eigenvalue weighted by atomic mass is 35.5. The molecule has 1 unspecified atom stereocenters. The fourth-order valence-corrected chi connectivity index (χ4v) is 5.27. The molecule has 0 bridgehead atoms. The average Bonchev–Trinajstić information content (AvgIpc) is 3.33. The summed E-state index contributed by atoms with van der Waals surface area (Å²) in [6.45, 7) is 6.02. The molecule has 184 valence electrons. The van der Waals surface area contributed by atoms with Crippen molar-refractivity contribution >= 4 is 17.5 Å². The van der Waals surface area contributed by atoms with E-state index < -0.39 is 5.41 Å². The van der Waals surface area contributed by atoms with E-state index in [0.717, 1.165) is 37.1 Å². The van der Waals surface area contributed by atoms with Crippen molar-refractivity contribution < 1.29 is 14.6 Å². The standard InChI is InChI=1S/C29H33ClN2O3/c1-28(2,32-19-16-23(20-32)35-25-15-9-14-24(33)26(25)30)17-18-29(27(31)34,21-10-5-3-6-11-21)22-12-7-4-8-13-22/h3-15,23,33H,16-20H2,1-2H3,(H2,31,34). The van der Waals surface area contributed by atoms with E-state index in [0.29, 0.717) is 12.2 Å². The molecule has 3 aromatic carbocycles. The van der Waals surface area contributed by atoms with Crippen molar-refractivity contribution in [1.82, 2.24) is 4.90 Å². The summed E-state index contributed by atoms with van der Waals surface area (Å²) in [6, 6.07) is 24.7. The Kier molecular flexibility index (Phi) is 7.39. The Morgan fingerprint density at radius 2 is 1.60 bits per heavy atom. The zero-order valence-corrected chi connectivity index (χ0v) is 21.0. The number of amides is 1. The monoisotopic (exact) mass is 492 g/mol. The normalized spacial score (nSPS) is 16.8. The van der Waals surface area contributed by atoms with E-state index in [1.807, 2.05) is 60.7 Å². The largest absolute Gasteiger partial charge is 0.506 e. The van der Waals surface area contributed by atoms with Gasteiger partial charge in [0.2, 0.25) is 5.91 Å². The van der Waals surface area contributed by atoms with Crippen LogP contribution in [-0.2, 0) is 10.2 Å². The lowest BCUT2D eigenvalue weighted by molar-refractivity contribution is -0.122. The Balaban J connectivity index is 1.53. The van der Waals surface area contributed by atoms with Gasteiger partial charge in [-0.2, -0.15) is 0 Å². The fourth-order valence-electron chi connectivity index (χ4n) is 5.10. The first-order valence-electron chi connectivity index (χ1n) is 12.0. The molecule has 5 nitrogen and oxygen atoms in total. The summed E-state index contributed by atoms with van der Waals surface area (Å²) in [5, 5.41) is 10.1. The summed E-state index contributed by atoms with van der Waals surface area (Å²) in [5.41, 5.74) is 6.87. The molecule has 35 heavy (non-hydrogen) atoms. The van der Waals surface area contributed by atoms with E-state index in [4.69, 9.17) is 22.1 Å². The number of carbonyl (C=O) groups excluding carboxylic acids is 1. The molecule has 6 heteroatoms. The Labute approximate surface area is 212 Å². The molecule has 1 fully saturated rings. The Hall–Kier alpha value is -3.02. The quantitative estimate of drug-likeness (QED) is 0.412. The third kappa shape index (κ3) is 5.16. The first-order chi connectivity index (χ1) is 16.7. The van der Waals surface area contributed by atoms with Crippen molar-refractivity contribution in [3.8, 4) is 11.5 Å². The van der Waals surface area contributed by atoms with E-state index in [1.54, 1.807) is 18.2 Å². The number of phenolic OH excluding ortho intramolecular Hbond substituents is 1. The van der Waals surface area contributed by atoms with Crippen LogP contribution in [0.25, 0.3) is 0 Å². The van der Waals surface area contributed by atoms with Crippen molar-refractivity contribution in [3.63, 3.8) is 0 Å². The van der Waals surface area contributed by atoms with Gasteiger partial charge in [0, 0.05) is 18.6 Å². The number of hydrogen-bond acceptors (Lipinski definition) is 4. The molecule has 1 atom stereocenters. The SMILES string of the molecule is CC(C)(CCC(C(N)=O)(c1ccccc1)c1ccccc1)N1CCC(Oc2cccc(O)c2Cl)C1. The number of halogens is 1. The van der Waals surface area contributed by atoms with Crippen LogP contribution < -0.4 is 10.5 Å². The summed E-state index contributed by atoms with van der Waals surface area (Å²) in [5.74, 6) is 0.174. The number of nitrogens with zero attached hydrogens (tertiary/aromatic N) is 1. The molecular formula is C29H33ClN2O3. The Morgan fingerprint density at radius 3 is 2.17 bits per heavy atom. The number of benzene rings is 3. The van der Waals surface area contributed by atoms with E-state index >= 15 is 0 Å². The fraction of sp³-hybridized carbons (Fsp3) is 0.345. The molecule has 0 radical (unpaired) electrons. The van der Waals surface area contributed by atoms with Gasteiger partial charge in [-0.1, -0.05) is 78.3 Å². The molecule has 1 heterocycles. The minimum atomic E-state index is -0.912. The number of nitrogens with two attached hydrogens (primary N) is 1. The molecule has 0 aromatic heterocycles. The smallest absolute Gasteiger partial charge is 0.232 e. The van der Waals surface area contributed by atoms with E-state index in [2.05, 4.69) is 18.7 Å². The van der Waals surface area contributed by atoms with E-state index in [9.17, 15) is 9.90 Å². The summed E-state index contributed by atoms with van der Waals surface area (Å²) in [6.07, 6.45) is 2.18. The second-order valence-corrected chi connectivity index (χ2v) is 10.3. The van der Waals surface area contributed by atoms with Crippen LogP contribution in [0.2, 0.25) is 5.02 Å². The highest BCUT2D eigenvalue weighted by Crippen LogP contribution is 2.40. The summed E-state index contributed by atoms with van der Waals surface area (Å²) >= 11 is 6.21. The van der Waals surface area contributed by atoms with Gasteiger partial charge in [0.1, 0.15) is 22.6 Å². The van der Waals surface area contributed by atoms with Gasteiger partial charge in [-0.15, -0.1) is 0 Å². The molecule has 3 aromatic rings. The first kappa shape index (κ1) is 25.1. The van der Waals surface area contributed by atoms with Crippen LogP contribution in [0.1, 0.15) is 44.2 Å². The summed E-state index contributed by atoms with van der Waals surface area (Å²) < 4.78 is 6.13. The molecule has 1 amide bonds. The number of likely N-dealkylation sites (tertiary alicyclic amines) is 1. The lowest BCUT2D eigenvalue weighted by Crippen LogP contribution is -2.47. The maximum atomic E-state index is 13.1. The van der Waals surface area contributed by atoms with Gasteiger partial charge in [0.15, 0.2) is 0 Å². The van der Waals surface area contributed by atoms with Crippen LogP contribution >= 0.6 is 11.6 Å². The molecule has 0 saturated carbocycles. The second kappa shape index (κ2) is 10.3. The zero-order valence-electron chi connectivity index (χ0n) is 20.3. The third-order valence-corrected chi connectivity index (χ3v) is 7.68. The van der Waals surface area contributed by atoms with Gasteiger partial charge in [-0.25, -0.2) is 0 Å². The van der Waals surface area contributed by atoms with Crippen LogP contribution in [0, 0.1) is 0 Å². The van der Waals surface area contributed by atoms with Crippen molar-refractivity contribution in [1.29, 1.82) is 0 Å². The Bertz CT molecular complexity index is 1110. The molecule has 3 N–H and O–H groups in total. The molecule has 0 spiro atoms. The minimum Gasteiger partial charge on any atom is -0.506 e. The Morgan fingerprint density at radius 1 is 1.00 bits per heavy atom. The van der Waals surface area contributed by atoms with Gasteiger partial charge in [-0.3, -0.25) is 9.69 Å². The van der Waals surface area contributed by atoms with Crippen LogP contribution in [0.15, 0.2) is 78.9 Å². The van der Waals surface area contributed by atoms with Gasteiger partial charge in [0.05, 0.1) is 5.41 Å². The zero-order chi connectivity index (χ0) is 25.1. The summed E-state index contributed by atoms with van der Waals surface area (Å²) in [4.78, 5) is 15.5. The maximum Gasteiger partial charge on any atom is 0.232 e. The van der Waals surface area contributed by atoms with Crippen LogP contribution in [0.3, 0.4) is 0 Å². The molecule has 4 rings (SSSR count). The van der Waals surface area contributed by atoms with Gasteiger partial charge >= 0.3 is 0 Å². The molecule has 1 aliphatic heterocycles. The minimum absolute atomic E-state index is 0.0176. The topological polar surface area (TPSA) is 75.8 Å². The second-order valence-electron chi connectivity index (χ2n) is 9.88. The highest BCUT2D eigenvalue weighted by molar-refractivity contribution is 6.33. The lowest BCUT2D eigenvalue weighted by atomic mass is 9.69. The van der Waals surface area contributed by atoms with Gasteiger partial charge in [-0.05, 0) is 56.4 Å². The highest BCUT2D eigenvalue weighted by Gasteiger charge is 2.43. The number of aromatic hydroxyl groups is 1. The lowest BCUT2D eigenvalue weighted by Gasteiger charge is -2.40. The van der Waals surface area contributed by atoms with E-state index in [-0.39, 0.29) is 28.3 Å². The van der Waals surface area contributed by atoms with Crippen molar-refractivity contribution in [2.75, 3.05) is 13.1 Å². The van der Waals surface area contributed by atoms with Crippen molar-refractivity contribution in [3.05, 3.63) is 95.0 Å².